The molecule has 0 saturated carbocycles. The monoisotopic (exact) mass is 329 g/mol. The first-order valence-corrected chi connectivity index (χ1v) is 8.69. The van der Waals surface area contributed by atoms with Gasteiger partial charge in [0.05, 0.1) is 12.3 Å². The van der Waals surface area contributed by atoms with E-state index in [9.17, 15) is 4.79 Å². The molecule has 0 aliphatic carbocycles. The lowest BCUT2D eigenvalue weighted by Crippen LogP contribution is -2.29. The molecule has 2 aromatic carbocycles. The van der Waals surface area contributed by atoms with Gasteiger partial charge in [0.2, 0.25) is 5.91 Å². The van der Waals surface area contributed by atoms with Gasteiger partial charge in [0, 0.05) is 4.90 Å². The van der Waals surface area contributed by atoms with Crippen molar-refractivity contribution in [3.63, 3.8) is 0 Å². The van der Waals surface area contributed by atoms with Gasteiger partial charge in [0.15, 0.2) is 0 Å². The van der Waals surface area contributed by atoms with Gasteiger partial charge >= 0.3 is 0 Å². The van der Waals surface area contributed by atoms with Gasteiger partial charge in [-0.05, 0) is 44.5 Å². The molecule has 23 heavy (non-hydrogen) atoms. The van der Waals surface area contributed by atoms with Gasteiger partial charge in [-0.15, -0.1) is 11.8 Å². The molecule has 0 bridgehead atoms. The molecule has 3 nitrogen and oxygen atoms in total. The number of aryl methyl sites for hydroxylation is 3. The molecule has 0 heterocycles. The Hall–Kier alpha value is -1.94. The zero-order chi connectivity index (χ0) is 16.7. The van der Waals surface area contributed by atoms with Crippen molar-refractivity contribution < 1.29 is 9.53 Å². The maximum Gasteiger partial charge on any atom is 0.230 e. The van der Waals surface area contributed by atoms with Gasteiger partial charge < -0.3 is 10.1 Å². The topological polar surface area (TPSA) is 38.3 Å². The van der Waals surface area contributed by atoms with Crippen LogP contribution >= 0.6 is 11.8 Å². The van der Waals surface area contributed by atoms with E-state index >= 15 is 0 Å². The Labute approximate surface area is 142 Å². The zero-order valence-electron chi connectivity index (χ0n) is 13.9. The van der Waals surface area contributed by atoms with Gasteiger partial charge in [-0.2, -0.15) is 0 Å². The van der Waals surface area contributed by atoms with Crippen molar-refractivity contribution in [1.82, 2.24) is 5.32 Å². The Balaban J connectivity index is 1.65. The average molecular weight is 329 g/mol. The van der Waals surface area contributed by atoms with Crippen LogP contribution in [0.4, 0.5) is 0 Å². The quantitative estimate of drug-likeness (QED) is 0.618. The molecule has 0 spiro atoms. The summed E-state index contributed by atoms with van der Waals surface area (Å²) in [5.74, 6) is 1.32. The van der Waals surface area contributed by atoms with E-state index < -0.39 is 0 Å². The molecule has 0 aliphatic rings. The van der Waals surface area contributed by atoms with Gasteiger partial charge in [-0.25, -0.2) is 0 Å². The van der Waals surface area contributed by atoms with Crippen LogP contribution in [0.2, 0.25) is 0 Å². The van der Waals surface area contributed by atoms with E-state index in [4.69, 9.17) is 4.74 Å². The maximum absolute atomic E-state index is 11.8. The van der Waals surface area contributed by atoms with Crippen LogP contribution in [0.15, 0.2) is 47.4 Å². The fourth-order valence-electron chi connectivity index (χ4n) is 2.15. The van der Waals surface area contributed by atoms with E-state index in [2.05, 4.69) is 37.4 Å². The number of hydrogen-bond donors (Lipinski definition) is 1. The van der Waals surface area contributed by atoms with Crippen LogP contribution in [0.5, 0.6) is 5.75 Å². The van der Waals surface area contributed by atoms with E-state index in [1.54, 1.807) is 11.8 Å². The third kappa shape index (κ3) is 5.99. The highest BCUT2D eigenvalue weighted by atomic mass is 32.2. The molecule has 0 fully saturated rings. The Bertz CT molecular complexity index is 653. The first-order chi connectivity index (χ1) is 11.0. The first-order valence-electron chi connectivity index (χ1n) is 7.71. The minimum atomic E-state index is 0.0276. The smallest absolute Gasteiger partial charge is 0.230 e. The summed E-state index contributed by atoms with van der Waals surface area (Å²) in [7, 11) is 0. The van der Waals surface area contributed by atoms with E-state index in [-0.39, 0.29) is 5.91 Å². The number of nitrogens with one attached hydrogen (secondary N) is 1. The highest BCUT2D eigenvalue weighted by molar-refractivity contribution is 8.00. The van der Waals surface area contributed by atoms with Crippen molar-refractivity contribution in [2.75, 3.05) is 18.9 Å². The van der Waals surface area contributed by atoms with Gasteiger partial charge in [0.25, 0.3) is 0 Å². The van der Waals surface area contributed by atoms with Crippen molar-refractivity contribution in [2.45, 2.75) is 25.7 Å². The third-order valence-electron chi connectivity index (χ3n) is 3.40. The molecule has 0 unspecified atom stereocenters. The number of amides is 1. The molecule has 0 atom stereocenters. The predicted octanol–water partition coefficient (Wildman–Crippen LogP) is 3.90. The fraction of sp³-hybridized carbons (Fsp3) is 0.316. The van der Waals surface area contributed by atoms with Gasteiger partial charge in [-0.3, -0.25) is 4.79 Å². The molecule has 0 aromatic heterocycles. The van der Waals surface area contributed by atoms with Crippen LogP contribution in [0.25, 0.3) is 0 Å². The number of ether oxygens (including phenoxy) is 1. The minimum absolute atomic E-state index is 0.0276. The van der Waals surface area contributed by atoms with Crippen LogP contribution in [0.3, 0.4) is 0 Å². The third-order valence-corrected chi connectivity index (χ3v) is 4.42. The Morgan fingerprint density at radius 2 is 1.74 bits per heavy atom. The van der Waals surface area contributed by atoms with Crippen LogP contribution in [0, 0.1) is 20.8 Å². The maximum atomic E-state index is 11.8. The second kappa shape index (κ2) is 8.63. The summed E-state index contributed by atoms with van der Waals surface area (Å²) in [6, 6.07) is 14.3. The highest BCUT2D eigenvalue weighted by Gasteiger charge is 2.03. The molecule has 1 N–H and O–H groups in total. The summed E-state index contributed by atoms with van der Waals surface area (Å²) < 4.78 is 5.70. The van der Waals surface area contributed by atoms with E-state index in [0.717, 1.165) is 16.2 Å². The highest BCUT2D eigenvalue weighted by Crippen LogP contribution is 2.19. The summed E-state index contributed by atoms with van der Waals surface area (Å²) >= 11 is 1.54. The zero-order valence-corrected chi connectivity index (χ0v) is 14.7. The van der Waals surface area contributed by atoms with Crippen LogP contribution in [-0.2, 0) is 4.79 Å². The first kappa shape index (κ1) is 17.4. The lowest BCUT2D eigenvalue weighted by Gasteiger charge is -2.10. The average Bonchev–Trinajstić information content (AvgIpc) is 2.52. The molecular formula is C19H23NO2S. The largest absolute Gasteiger partial charge is 0.491 e. The number of hydrogen-bond acceptors (Lipinski definition) is 3. The molecule has 122 valence electrons. The number of benzene rings is 2. The molecular weight excluding hydrogens is 306 g/mol. The van der Waals surface area contributed by atoms with Crippen LogP contribution in [0.1, 0.15) is 16.7 Å². The van der Waals surface area contributed by atoms with Crippen molar-refractivity contribution in [1.29, 1.82) is 0 Å². The second-order valence-corrected chi connectivity index (χ2v) is 6.62. The van der Waals surface area contributed by atoms with Crippen molar-refractivity contribution in [3.05, 3.63) is 59.2 Å². The second-order valence-electron chi connectivity index (χ2n) is 5.57. The fourth-order valence-corrected chi connectivity index (χ4v) is 2.88. The molecule has 0 aliphatic heterocycles. The van der Waals surface area contributed by atoms with E-state index in [0.29, 0.717) is 18.9 Å². The summed E-state index contributed by atoms with van der Waals surface area (Å²) in [5, 5.41) is 2.88. The molecule has 0 radical (unpaired) electrons. The molecule has 1 amide bonds. The van der Waals surface area contributed by atoms with E-state index in [1.165, 1.54) is 11.1 Å². The van der Waals surface area contributed by atoms with Gasteiger partial charge in [-0.1, -0.05) is 35.4 Å². The molecule has 4 heteroatoms. The number of carbonyl (C=O) groups is 1. The van der Waals surface area contributed by atoms with Crippen molar-refractivity contribution >= 4 is 17.7 Å². The lowest BCUT2D eigenvalue weighted by atomic mass is 10.1. The van der Waals surface area contributed by atoms with Crippen molar-refractivity contribution in [3.8, 4) is 5.75 Å². The molecule has 2 aromatic rings. The minimum Gasteiger partial charge on any atom is -0.491 e. The number of carbonyl (C=O) groups excluding carboxylic acids is 1. The standard InChI is InChI=1S/C19H23NO2S/c1-14-4-7-17(8-5-14)23-13-19(21)20-10-11-22-18-9-6-15(2)12-16(18)3/h4-9,12H,10-11,13H2,1-3H3,(H,20,21). The summed E-state index contributed by atoms with van der Waals surface area (Å²) in [5.41, 5.74) is 3.56. The Morgan fingerprint density at radius 1 is 1.04 bits per heavy atom. The van der Waals surface area contributed by atoms with E-state index in [1.807, 2.05) is 31.2 Å². The van der Waals surface area contributed by atoms with Gasteiger partial charge in [0.1, 0.15) is 12.4 Å². The number of thioether (sulfide) groups is 1. The normalized spacial score (nSPS) is 10.4. The summed E-state index contributed by atoms with van der Waals surface area (Å²) in [4.78, 5) is 12.9. The Morgan fingerprint density at radius 3 is 2.43 bits per heavy atom. The van der Waals surface area contributed by atoms with Crippen molar-refractivity contribution in [2.24, 2.45) is 0 Å². The number of rotatable bonds is 7. The lowest BCUT2D eigenvalue weighted by molar-refractivity contribution is -0.118. The predicted molar refractivity (Wildman–Crippen MR) is 96.3 cm³/mol. The molecule has 0 saturated heterocycles. The van der Waals surface area contributed by atoms with Crippen LogP contribution in [-0.4, -0.2) is 24.8 Å². The Kier molecular flexibility index (Phi) is 6.53. The van der Waals surface area contributed by atoms with Crippen LogP contribution < -0.4 is 10.1 Å². The SMILES string of the molecule is Cc1ccc(SCC(=O)NCCOc2ccc(C)cc2C)cc1. The summed E-state index contributed by atoms with van der Waals surface area (Å²) in [6.45, 7) is 7.13. The molecule has 2 rings (SSSR count). The summed E-state index contributed by atoms with van der Waals surface area (Å²) in [6.07, 6.45) is 0.